The van der Waals surface area contributed by atoms with Crippen LogP contribution in [0, 0.1) is 6.92 Å². The van der Waals surface area contributed by atoms with E-state index in [2.05, 4.69) is 11.9 Å². The lowest BCUT2D eigenvalue weighted by Crippen LogP contribution is -2.12. The van der Waals surface area contributed by atoms with E-state index in [0.29, 0.717) is 5.92 Å². The Hall–Kier alpha value is -0.890. The van der Waals surface area contributed by atoms with Gasteiger partial charge in [-0.1, -0.05) is 6.42 Å². The summed E-state index contributed by atoms with van der Waals surface area (Å²) in [6.07, 6.45) is 6.74. The fourth-order valence-corrected chi connectivity index (χ4v) is 2.17. The predicted molar refractivity (Wildman–Crippen MR) is 51.6 cm³/mol. The number of aryl methyl sites for hydroxylation is 1. The highest BCUT2D eigenvalue weighted by Crippen LogP contribution is 2.35. The Morgan fingerprint density at radius 3 is 2.92 bits per heavy atom. The summed E-state index contributed by atoms with van der Waals surface area (Å²) in [5, 5.41) is 9.74. The van der Waals surface area contributed by atoms with E-state index in [-0.39, 0.29) is 6.10 Å². The van der Waals surface area contributed by atoms with E-state index in [1.165, 1.54) is 11.1 Å². The van der Waals surface area contributed by atoms with Gasteiger partial charge in [0, 0.05) is 18.3 Å². The second-order valence-corrected chi connectivity index (χ2v) is 3.84. The molecule has 13 heavy (non-hydrogen) atoms. The topological polar surface area (TPSA) is 33.1 Å². The normalized spacial score (nSPS) is 27.8. The van der Waals surface area contributed by atoms with Gasteiger partial charge in [0.2, 0.25) is 0 Å². The van der Waals surface area contributed by atoms with Crippen LogP contribution in [-0.4, -0.2) is 16.2 Å². The van der Waals surface area contributed by atoms with E-state index in [0.717, 1.165) is 19.3 Å². The Bertz CT molecular complexity index is 298. The van der Waals surface area contributed by atoms with E-state index >= 15 is 0 Å². The molecule has 0 radical (unpaired) electrons. The monoisotopic (exact) mass is 177 g/mol. The zero-order chi connectivity index (χ0) is 9.26. The molecule has 1 fully saturated rings. The molecular weight excluding hydrogens is 162 g/mol. The Labute approximate surface area is 78.6 Å². The fraction of sp³-hybridized carbons (Fsp3) is 0.545. The zero-order valence-electron chi connectivity index (χ0n) is 7.90. The maximum Gasteiger partial charge on any atom is 0.0609 e. The lowest BCUT2D eigenvalue weighted by molar-refractivity contribution is 0.163. The van der Waals surface area contributed by atoms with Gasteiger partial charge >= 0.3 is 0 Å². The van der Waals surface area contributed by atoms with E-state index in [9.17, 15) is 5.11 Å². The molecule has 0 unspecified atom stereocenters. The van der Waals surface area contributed by atoms with E-state index < -0.39 is 0 Å². The van der Waals surface area contributed by atoms with Crippen LogP contribution < -0.4 is 0 Å². The third-order valence-corrected chi connectivity index (χ3v) is 2.96. The minimum atomic E-state index is -0.150. The molecule has 1 aromatic rings. The van der Waals surface area contributed by atoms with Crippen molar-refractivity contribution in [2.24, 2.45) is 0 Å². The highest BCUT2D eigenvalue weighted by molar-refractivity contribution is 5.27. The summed E-state index contributed by atoms with van der Waals surface area (Å²) in [6, 6.07) is 2.01. The molecule has 1 aliphatic rings. The van der Waals surface area contributed by atoms with Gasteiger partial charge in [0.05, 0.1) is 6.10 Å². The molecule has 0 aromatic carbocycles. The van der Waals surface area contributed by atoms with Gasteiger partial charge in [0.1, 0.15) is 0 Å². The molecule has 0 amide bonds. The van der Waals surface area contributed by atoms with Gasteiger partial charge in [0.25, 0.3) is 0 Å². The van der Waals surface area contributed by atoms with Crippen LogP contribution in [0.3, 0.4) is 0 Å². The average molecular weight is 177 g/mol. The van der Waals surface area contributed by atoms with E-state index in [1.807, 2.05) is 12.3 Å². The molecule has 1 saturated carbocycles. The van der Waals surface area contributed by atoms with Crippen molar-refractivity contribution in [2.75, 3.05) is 0 Å². The first kappa shape index (κ1) is 8.70. The number of nitrogens with zero attached hydrogens (tertiary/aromatic N) is 1. The fourth-order valence-electron chi connectivity index (χ4n) is 2.17. The molecule has 0 aliphatic heterocycles. The Morgan fingerprint density at radius 2 is 2.31 bits per heavy atom. The molecule has 0 saturated heterocycles. The first-order chi connectivity index (χ1) is 6.29. The number of aliphatic hydroxyl groups is 1. The van der Waals surface area contributed by atoms with Crippen molar-refractivity contribution in [1.29, 1.82) is 0 Å². The van der Waals surface area contributed by atoms with Crippen molar-refractivity contribution in [1.82, 2.24) is 4.98 Å². The number of rotatable bonds is 1. The second-order valence-electron chi connectivity index (χ2n) is 3.84. The second kappa shape index (κ2) is 3.46. The summed E-state index contributed by atoms with van der Waals surface area (Å²) in [6.45, 7) is 2.09. The average Bonchev–Trinajstić information content (AvgIpc) is 2.52. The summed E-state index contributed by atoms with van der Waals surface area (Å²) in [5.74, 6) is 0.327. The van der Waals surface area contributed by atoms with Gasteiger partial charge in [-0.2, -0.15) is 0 Å². The zero-order valence-corrected chi connectivity index (χ0v) is 7.90. The van der Waals surface area contributed by atoms with Gasteiger partial charge in [-0.25, -0.2) is 0 Å². The molecule has 0 bridgehead atoms. The summed E-state index contributed by atoms with van der Waals surface area (Å²) < 4.78 is 0. The van der Waals surface area contributed by atoms with Crippen LogP contribution in [0.2, 0.25) is 0 Å². The number of pyridine rings is 1. The van der Waals surface area contributed by atoms with Crippen LogP contribution in [0.1, 0.15) is 36.3 Å². The summed E-state index contributed by atoms with van der Waals surface area (Å²) in [5.41, 5.74) is 2.48. The third-order valence-electron chi connectivity index (χ3n) is 2.96. The van der Waals surface area contributed by atoms with Crippen LogP contribution in [0.5, 0.6) is 0 Å². The van der Waals surface area contributed by atoms with Gasteiger partial charge in [-0.3, -0.25) is 4.98 Å². The van der Waals surface area contributed by atoms with Crippen LogP contribution in [0.4, 0.5) is 0 Å². The van der Waals surface area contributed by atoms with Crippen molar-refractivity contribution in [3.63, 3.8) is 0 Å². The standard InChI is InChI=1S/C11H15NO/c1-8-5-6-12-7-10(8)9-3-2-4-11(9)13/h5-7,9,11,13H,2-4H2,1H3/t9-,11+/m0/s1. The van der Waals surface area contributed by atoms with Crippen LogP contribution in [-0.2, 0) is 0 Å². The minimum absolute atomic E-state index is 0.150. The first-order valence-corrected chi connectivity index (χ1v) is 4.87. The van der Waals surface area contributed by atoms with Gasteiger partial charge in [0.15, 0.2) is 0 Å². The Kier molecular flexibility index (Phi) is 2.32. The van der Waals surface area contributed by atoms with Gasteiger partial charge < -0.3 is 5.11 Å². The van der Waals surface area contributed by atoms with Gasteiger partial charge in [-0.15, -0.1) is 0 Å². The van der Waals surface area contributed by atoms with E-state index in [4.69, 9.17) is 0 Å². The highest BCUT2D eigenvalue weighted by atomic mass is 16.3. The Morgan fingerprint density at radius 1 is 1.46 bits per heavy atom. The smallest absolute Gasteiger partial charge is 0.0609 e. The maximum absolute atomic E-state index is 9.74. The molecule has 1 aliphatic carbocycles. The largest absolute Gasteiger partial charge is 0.392 e. The predicted octanol–water partition coefficient (Wildman–Crippen LogP) is 2.02. The molecule has 70 valence electrons. The maximum atomic E-state index is 9.74. The van der Waals surface area contributed by atoms with E-state index in [1.54, 1.807) is 6.20 Å². The molecule has 2 heteroatoms. The molecule has 1 aromatic heterocycles. The third kappa shape index (κ3) is 1.59. The number of aliphatic hydroxyl groups excluding tert-OH is 1. The molecule has 2 rings (SSSR count). The molecule has 2 nitrogen and oxygen atoms in total. The lowest BCUT2D eigenvalue weighted by atomic mass is 9.94. The van der Waals surface area contributed by atoms with Crippen molar-refractivity contribution < 1.29 is 5.11 Å². The highest BCUT2D eigenvalue weighted by Gasteiger charge is 2.27. The summed E-state index contributed by atoms with van der Waals surface area (Å²) in [4.78, 5) is 4.11. The van der Waals surface area contributed by atoms with Crippen molar-refractivity contribution >= 4 is 0 Å². The van der Waals surface area contributed by atoms with Crippen LogP contribution >= 0.6 is 0 Å². The van der Waals surface area contributed by atoms with Crippen molar-refractivity contribution in [3.05, 3.63) is 29.6 Å². The lowest BCUT2D eigenvalue weighted by Gasteiger charge is -2.16. The summed E-state index contributed by atoms with van der Waals surface area (Å²) in [7, 11) is 0. The molecular formula is C11H15NO. The first-order valence-electron chi connectivity index (χ1n) is 4.87. The molecule has 1 N–H and O–H groups in total. The Balaban J connectivity index is 2.29. The SMILES string of the molecule is Cc1ccncc1[C@@H]1CCC[C@H]1O. The quantitative estimate of drug-likeness (QED) is 0.712. The van der Waals surface area contributed by atoms with Crippen LogP contribution in [0.15, 0.2) is 18.5 Å². The van der Waals surface area contributed by atoms with Gasteiger partial charge in [-0.05, 0) is 37.0 Å². The van der Waals surface area contributed by atoms with Crippen molar-refractivity contribution in [3.8, 4) is 0 Å². The molecule has 0 spiro atoms. The number of aromatic nitrogens is 1. The summed E-state index contributed by atoms with van der Waals surface area (Å²) >= 11 is 0. The van der Waals surface area contributed by atoms with Crippen molar-refractivity contribution in [2.45, 2.75) is 38.2 Å². The molecule has 2 atom stereocenters. The number of hydrogen-bond acceptors (Lipinski definition) is 2. The molecule has 1 heterocycles. The number of hydrogen-bond donors (Lipinski definition) is 1. The minimum Gasteiger partial charge on any atom is -0.392 e. The van der Waals surface area contributed by atoms with Crippen LogP contribution in [0.25, 0.3) is 0 Å².